The Labute approximate surface area is 117 Å². The van der Waals surface area contributed by atoms with Crippen LogP contribution in [-0.2, 0) is 21.9 Å². The first kappa shape index (κ1) is 15.4. The lowest BCUT2D eigenvalue weighted by Crippen LogP contribution is -2.34. The van der Waals surface area contributed by atoms with Crippen LogP contribution in [0.25, 0.3) is 0 Å². The number of nitrogens with one attached hydrogen (secondary N) is 1. The first-order valence-electron chi connectivity index (χ1n) is 6.55. The molecule has 0 saturated carbocycles. The van der Waals surface area contributed by atoms with Crippen molar-refractivity contribution in [1.29, 1.82) is 0 Å². The third-order valence-electron chi connectivity index (χ3n) is 3.65. The molecule has 1 aliphatic rings. The Hall–Kier alpha value is -1.02. The summed E-state index contributed by atoms with van der Waals surface area (Å²) < 4.78 is 51.1. The van der Waals surface area contributed by atoms with Gasteiger partial charge in [0.05, 0.1) is 23.2 Å². The maximum Gasteiger partial charge on any atom is 0.280 e. The van der Waals surface area contributed by atoms with Gasteiger partial charge >= 0.3 is 0 Å². The quantitative estimate of drug-likeness (QED) is 0.894. The summed E-state index contributed by atoms with van der Waals surface area (Å²) >= 11 is 0. The van der Waals surface area contributed by atoms with E-state index in [2.05, 4.69) is 10.4 Å². The molecule has 1 unspecified atom stereocenters. The Bertz CT molecular complexity index is 586. The summed E-state index contributed by atoms with van der Waals surface area (Å²) in [5, 5.41) is 7.03. The van der Waals surface area contributed by atoms with E-state index in [1.54, 1.807) is 6.92 Å². The number of hydrogen-bond acceptors (Lipinski definition) is 4. The van der Waals surface area contributed by atoms with Gasteiger partial charge in [0, 0.05) is 12.1 Å². The molecule has 0 bridgehead atoms. The number of alkyl halides is 2. The van der Waals surface area contributed by atoms with Crippen molar-refractivity contribution in [2.45, 2.75) is 38.8 Å². The molecule has 8 heteroatoms. The van der Waals surface area contributed by atoms with E-state index in [1.807, 2.05) is 6.92 Å². The minimum Gasteiger partial charge on any atom is -0.313 e. The maximum atomic E-state index is 13.3. The van der Waals surface area contributed by atoms with Gasteiger partial charge in [-0.2, -0.15) is 5.10 Å². The predicted molar refractivity (Wildman–Crippen MR) is 71.5 cm³/mol. The van der Waals surface area contributed by atoms with Gasteiger partial charge in [-0.05, 0) is 19.9 Å². The van der Waals surface area contributed by atoms with Crippen molar-refractivity contribution >= 4 is 9.84 Å². The Morgan fingerprint density at radius 2 is 2.25 bits per heavy atom. The first-order valence-corrected chi connectivity index (χ1v) is 8.38. The SMILES string of the molecule is CCNCc1cnn(C2(C)CCS(=O)(=O)C2)c1C(F)F. The minimum absolute atomic E-state index is 0.0224. The fourth-order valence-corrected chi connectivity index (χ4v) is 4.72. The molecule has 5 nitrogen and oxygen atoms in total. The fraction of sp³-hybridized carbons (Fsp3) is 0.750. The van der Waals surface area contributed by atoms with Gasteiger partial charge in [-0.3, -0.25) is 4.68 Å². The molecular formula is C12H19F2N3O2S. The smallest absolute Gasteiger partial charge is 0.280 e. The van der Waals surface area contributed by atoms with Crippen LogP contribution in [0.15, 0.2) is 6.20 Å². The summed E-state index contributed by atoms with van der Waals surface area (Å²) in [7, 11) is -3.17. The van der Waals surface area contributed by atoms with Crippen LogP contribution in [0.3, 0.4) is 0 Å². The summed E-state index contributed by atoms with van der Waals surface area (Å²) in [6.07, 6.45) is -0.955. The lowest BCUT2D eigenvalue weighted by atomic mass is 10.0. The standard InChI is InChI=1S/C12H19F2N3O2S/c1-3-15-6-9-7-16-17(10(9)11(13)14)12(2)4-5-20(18,19)8-12/h7,11,15H,3-6,8H2,1-2H3. The Kier molecular flexibility index (Phi) is 4.15. The van der Waals surface area contributed by atoms with E-state index in [0.717, 1.165) is 0 Å². The van der Waals surface area contributed by atoms with Crippen molar-refractivity contribution in [3.8, 4) is 0 Å². The van der Waals surface area contributed by atoms with Crippen molar-refractivity contribution in [3.05, 3.63) is 17.5 Å². The summed E-state index contributed by atoms with van der Waals surface area (Å²) in [6, 6.07) is 0. The number of sulfone groups is 1. The van der Waals surface area contributed by atoms with Gasteiger partial charge in [0.1, 0.15) is 5.69 Å². The van der Waals surface area contributed by atoms with Gasteiger partial charge in [-0.1, -0.05) is 6.92 Å². The molecule has 0 radical (unpaired) electrons. The molecule has 114 valence electrons. The zero-order valence-corrected chi connectivity index (χ0v) is 12.4. The molecular weight excluding hydrogens is 288 g/mol. The fourth-order valence-electron chi connectivity index (χ4n) is 2.61. The van der Waals surface area contributed by atoms with Gasteiger partial charge in [-0.15, -0.1) is 0 Å². The van der Waals surface area contributed by atoms with Crippen LogP contribution in [0.1, 0.15) is 38.0 Å². The molecule has 1 aromatic rings. The molecule has 0 spiro atoms. The molecule has 2 heterocycles. The van der Waals surface area contributed by atoms with E-state index in [1.165, 1.54) is 10.9 Å². The van der Waals surface area contributed by atoms with E-state index in [9.17, 15) is 17.2 Å². The van der Waals surface area contributed by atoms with Crippen molar-refractivity contribution in [2.24, 2.45) is 0 Å². The van der Waals surface area contributed by atoms with Crippen molar-refractivity contribution in [2.75, 3.05) is 18.1 Å². The molecule has 2 rings (SSSR count). The summed E-state index contributed by atoms with van der Waals surface area (Å²) in [5.74, 6) is -0.114. The molecule has 20 heavy (non-hydrogen) atoms. The molecule has 1 aliphatic heterocycles. The molecule has 1 aromatic heterocycles. The zero-order valence-electron chi connectivity index (χ0n) is 11.6. The highest BCUT2D eigenvalue weighted by Gasteiger charge is 2.43. The van der Waals surface area contributed by atoms with Crippen molar-refractivity contribution < 1.29 is 17.2 Å². The Morgan fingerprint density at radius 1 is 1.55 bits per heavy atom. The van der Waals surface area contributed by atoms with Crippen molar-refractivity contribution in [1.82, 2.24) is 15.1 Å². The normalized spacial score (nSPS) is 25.4. The van der Waals surface area contributed by atoms with Crippen LogP contribution < -0.4 is 5.32 Å². The topological polar surface area (TPSA) is 64.0 Å². The van der Waals surface area contributed by atoms with Gasteiger partial charge < -0.3 is 5.32 Å². The first-order chi connectivity index (χ1) is 9.29. The summed E-state index contributed by atoms with van der Waals surface area (Å²) in [4.78, 5) is 0. The Morgan fingerprint density at radius 3 is 2.75 bits per heavy atom. The van der Waals surface area contributed by atoms with E-state index in [4.69, 9.17) is 0 Å². The van der Waals surface area contributed by atoms with Crippen molar-refractivity contribution in [3.63, 3.8) is 0 Å². The lowest BCUT2D eigenvalue weighted by molar-refractivity contribution is 0.127. The third kappa shape index (κ3) is 2.85. The van der Waals surface area contributed by atoms with Crippen LogP contribution in [0.4, 0.5) is 8.78 Å². The average Bonchev–Trinajstić information content (AvgIpc) is 2.89. The summed E-state index contributed by atoms with van der Waals surface area (Å²) in [6.45, 7) is 4.53. The highest BCUT2D eigenvalue weighted by Crippen LogP contribution is 2.35. The molecule has 0 aliphatic carbocycles. The van der Waals surface area contributed by atoms with Gasteiger partial charge in [0.15, 0.2) is 9.84 Å². The van der Waals surface area contributed by atoms with Crippen LogP contribution in [-0.4, -0.2) is 36.2 Å². The van der Waals surface area contributed by atoms with Crippen LogP contribution in [0.5, 0.6) is 0 Å². The number of rotatable bonds is 5. The van der Waals surface area contributed by atoms with E-state index in [0.29, 0.717) is 25.1 Å². The molecule has 0 aromatic carbocycles. The molecule has 0 amide bonds. The molecule has 1 saturated heterocycles. The lowest BCUT2D eigenvalue weighted by Gasteiger charge is -2.25. The summed E-state index contributed by atoms with van der Waals surface area (Å²) in [5.41, 5.74) is -0.632. The second-order valence-corrected chi connectivity index (χ2v) is 7.57. The zero-order chi connectivity index (χ0) is 15.0. The van der Waals surface area contributed by atoms with Crippen LogP contribution in [0, 0.1) is 0 Å². The number of nitrogens with zero attached hydrogens (tertiary/aromatic N) is 2. The Balaban J connectivity index is 2.39. The molecule has 1 fully saturated rings. The second-order valence-electron chi connectivity index (χ2n) is 5.39. The van der Waals surface area contributed by atoms with Gasteiger partial charge in [0.25, 0.3) is 6.43 Å². The number of aromatic nitrogens is 2. The minimum atomic E-state index is -3.17. The number of hydrogen-bond donors (Lipinski definition) is 1. The van der Waals surface area contributed by atoms with E-state index in [-0.39, 0.29) is 17.2 Å². The molecule has 1 atom stereocenters. The van der Waals surface area contributed by atoms with Crippen LogP contribution in [0.2, 0.25) is 0 Å². The second kappa shape index (κ2) is 5.40. The monoisotopic (exact) mass is 307 g/mol. The maximum absolute atomic E-state index is 13.3. The van der Waals surface area contributed by atoms with E-state index >= 15 is 0 Å². The largest absolute Gasteiger partial charge is 0.313 e. The predicted octanol–water partition coefficient (Wildman–Crippen LogP) is 1.46. The van der Waals surface area contributed by atoms with Gasteiger partial charge in [-0.25, -0.2) is 17.2 Å². The highest BCUT2D eigenvalue weighted by molar-refractivity contribution is 7.91. The number of halogens is 2. The highest BCUT2D eigenvalue weighted by atomic mass is 32.2. The van der Waals surface area contributed by atoms with Crippen LogP contribution >= 0.6 is 0 Å². The average molecular weight is 307 g/mol. The van der Waals surface area contributed by atoms with Gasteiger partial charge in [0.2, 0.25) is 0 Å². The van der Waals surface area contributed by atoms with E-state index < -0.39 is 21.8 Å². The molecule has 1 N–H and O–H groups in total. The third-order valence-corrected chi connectivity index (χ3v) is 5.54.